The molecule has 0 aliphatic rings. The Bertz CT molecular complexity index is 367. The van der Waals surface area contributed by atoms with Gasteiger partial charge in [-0.1, -0.05) is 122 Å². The van der Waals surface area contributed by atoms with Crippen LogP contribution in [0.1, 0.15) is 148 Å². The highest BCUT2D eigenvalue weighted by molar-refractivity contribution is 5.66. The predicted octanol–water partition coefficient (Wildman–Crippen LogP) is 7.61. The number of rotatable bonds is 28. The van der Waals surface area contributed by atoms with E-state index in [-0.39, 0.29) is 6.42 Å². The smallest absolute Gasteiger partial charge is 0.303 e. The van der Waals surface area contributed by atoms with Gasteiger partial charge in [0.25, 0.3) is 0 Å². The lowest BCUT2D eigenvalue weighted by molar-refractivity contribution is -0.137. The first-order valence-corrected chi connectivity index (χ1v) is 14.1. The molecule has 0 amide bonds. The van der Waals surface area contributed by atoms with Crippen LogP contribution >= 0.6 is 0 Å². The third-order valence-corrected chi connectivity index (χ3v) is 6.39. The van der Waals surface area contributed by atoms with E-state index in [1.807, 2.05) is 0 Å². The first kappa shape index (κ1) is 31.4. The molecular formula is C27H56N2O3. The number of carbonyl (C=O) groups is 1. The molecule has 0 saturated carbocycles. The summed E-state index contributed by atoms with van der Waals surface area (Å²) < 4.78 is 0. The van der Waals surface area contributed by atoms with Crippen LogP contribution in [0.25, 0.3) is 0 Å². The summed E-state index contributed by atoms with van der Waals surface area (Å²) in [7, 11) is 0. The van der Waals surface area contributed by atoms with E-state index in [9.17, 15) is 4.79 Å². The topological polar surface area (TPSA) is 81.6 Å². The molecule has 4 N–H and O–H groups in total. The Morgan fingerprint density at radius 3 is 1.03 bits per heavy atom. The highest BCUT2D eigenvalue weighted by Crippen LogP contribution is 2.15. The van der Waals surface area contributed by atoms with E-state index in [2.05, 4.69) is 10.8 Å². The van der Waals surface area contributed by atoms with E-state index < -0.39 is 5.97 Å². The number of carboxylic acids is 1. The fraction of sp³-hybridized carbons (Fsp3) is 0.963. The average molecular weight is 457 g/mol. The second-order valence-electron chi connectivity index (χ2n) is 9.58. The second kappa shape index (κ2) is 28.4. The molecule has 0 atom stereocenters. The normalized spacial score (nSPS) is 11.3. The molecule has 0 bridgehead atoms. The molecule has 0 aromatic carbocycles. The standard InChI is InChI=1S/C27H56N2O3/c30-27(31)23-22-25-28-24-20-18-16-14-12-10-8-6-4-2-1-3-5-7-9-11-13-15-17-19-21-26-29-32/h28-29,32H,1-26H2,(H,30,31). The van der Waals surface area contributed by atoms with Crippen molar-refractivity contribution in [3.8, 4) is 0 Å². The minimum absolute atomic E-state index is 0.278. The van der Waals surface area contributed by atoms with E-state index in [1.165, 1.54) is 128 Å². The lowest BCUT2D eigenvalue weighted by Crippen LogP contribution is -2.17. The Hall–Kier alpha value is -0.650. The Kier molecular flexibility index (Phi) is 27.8. The van der Waals surface area contributed by atoms with Crippen molar-refractivity contribution in [1.82, 2.24) is 10.8 Å². The van der Waals surface area contributed by atoms with Gasteiger partial charge in [0.15, 0.2) is 0 Å². The predicted molar refractivity (Wildman–Crippen MR) is 136 cm³/mol. The molecule has 0 unspecified atom stereocenters. The minimum Gasteiger partial charge on any atom is -0.481 e. The van der Waals surface area contributed by atoms with Crippen LogP contribution in [0, 0.1) is 0 Å². The zero-order valence-electron chi connectivity index (χ0n) is 21.2. The molecule has 0 fully saturated rings. The Morgan fingerprint density at radius 1 is 0.438 bits per heavy atom. The van der Waals surface area contributed by atoms with Crippen LogP contribution in [0.3, 0.4) is 0 Å². The van der Waals surface area contributed by atoms with E-state index >= 15 is 0 Å². The first-order chi connectivity index (χ1) is 15.8. The SMILES string of the molecule is O=C(O)CCCNCCCCCCCCCCCCCCCCCCCCCCCNO. The summed E-state index contributed by atoms with van der Waals surface area (Å²) >= 11 is 0. The van der Waals surface area contributed by atoms with Crippen molar-refractivity contribution in [1.29, 1.82) is 0 Å². The molecular weight excluding hydrogens is 400 g/mol. The van der Waals surface area contributed by atoms with Gasteiger partial charge in [0, 0.05) is 13.0 Å². The fourth-order valence-electron chi connectivity index (χ4n) is 4.30. The molecule has 0 rings (SSSR count). The fourth-order valence-corrected chi connectivity index (χ4v) is 4.30. The molecule has 0 aliphatic heterocycles. The van der Waals surface area contributed by atoms with Gasteiger partial charge in [-0.05, 0) is 32.4 Å². The van der Waals surface area contributed by atoms with Gasteiger partial charge < -0.3 is 15.6 Å². The zero-order valence-corrected chi connectivity index (χ0v) is 21.2. The molecule has 0 aromatic rings. The van der Waals surface area contributed by atoms with Gasteiger partial charge in [-0.3, -0.25) is 4.79 Å². The maximum atomic E-state index is 10.4. The molecule has 0 radical (unpaired) electrons. The van der Waals surface area contributed by atoms with Crippen molar-refractivity contribution in [3.05, 3.63) is 0 Å². The van der Waals surface area contributed by atoms with Crippen molar-refractivity contribution in [2.45, 2.75) is 148 Å². The number of hydroxylamine groups is 1. The van der Waals surface area contributed by atoms with Crippen molar-refractivity contribution < 1.29 is 15.1 Å². The molecule has 5 heteroatoms. The number of hydrogen-bond acceptors (Lipinski definition) is 4. The van der Waals surface area contributed by atoms with Gasteiger partial charge in [0.05, 0.1) is 0 Å². The van der Waals surface area contributed by atoms with Gasteiger partial charge >= 0.3 is 5.97 Å². The van der Waals surface area contributed by atoms with Crippen molar-refractivity contribution in [2.24, 2.45) is 0 Å². The summed E-state index contributed by atoms with van der Waals surface area (Å²) in [6.07, 6.45) is 29.7. The van der Waals surface area contributed by atoms with Crippen LogP contribution in [0.5, 0.6) is 0 Å². The summed E-state index contributed by atoms with van der Waals surface area (Å²) in [6.45, 7) is 2.60. The highest BCUT2D eigenvalue weighted by atomic mass is 16.5. The molecule has 0 aliphatic carbocycles. The average Bonchev–Trinajstić information content (AvgIpc) is 2.78. The third kappa shape index (κ3) is 29.4. The lowest BCUT2D eigenvalue weighted by Gasteiger charge is -2.05. The van der Waals surface area contributed by atoms with Gasteiger partial charge in [-0.25, -0.2) is 5.48 Å². The van der Waals surface area contributed by atoms with E-state index in [0.717, 1.165) is 32.5 Å². The summed E-state index contributed by atoms with van der Waals surface area (Å²) in [5.74, 6) is -0.694. The third-order valence-electron chi connectivity index (χ3n) is 6.39. The molecule has 0 spiro atoms. The van der Waals surface area contributed by atoms with E-state index in [0.29, 0.717) is 0 Å². The van der Waals surface area contributed by atoms with Gasteiger partial charge in [-0.2, -0.15) is 0 Å². The Labute approximate surface area is 199 Å². The Morgan fingerprint density at radius 2 is 0.719 bits per heavy atom. The van der Waals surface area contributed by atoms with E-state index in [1.54, 1.807) is 0 Å². The van der Waals surface area contributed by atoms with Crippen LogP contribution in [0.4, 0.5) is 0 Å². The maximum absolute atomic E-state index is 10.4. The second-order valence-corrected chi connectivity index (χ2v) is 9.58. The van der Waals surface area contributed by atoms with E-state index in [4.69, 9.17) is 10.3 Å². The lowest BCUT2D eigenvalue weighted by atomic mass is 10.0. The van der Waals surface area contributed by atoms with Crippen molar-refractivity contribution in [2.75, 3.05) is 19.6 Å². The largest absolute Gasteiger partial charge is 0.481 e. The van der Waals surface area contributed by atoms with Crippen LogP contribution in [-0.2, 0) is 4.79 Å². The number of aliphatic carboxylic acids is 1. The molecule has 32 heavy (non-hydrogen) atoms. The summed E-state index contributed by atoms with van der Waals surface area (Å²) in [5.41, 5.74) is 2.23. The summed E-state index contributed by atoms with van der Waals surface area (Å²) in [5, 5.41) is 20.4. The van der Waals surface area contributed by atoms with Crippen LogP contribution in [0.15, 0.2) is 0 Å². The molecule has 0 aromatic heterocycles. The summed E-state index contributed by atoms with van der Waals surface area (Å²) in [4.78, 5) is 10.4. The molecule has 5 nitrogen and oxygen atoms in total. The van der Waals surface area contributed by atoms with Crippen LogP contribution in [0.2, 0.25) is 0 Å². The van der Waals surface area contributed by atoms with Gasteiger partial charge in [-0.15, -0.1) is 0 Å². The summed E-state index contributed by atoms with van der Waals surface area (Å²) in [6, 6.07) is 0. The van der Waals surface area contributed by atoms with Crippen LogP contribution in [-0.4, -0.2) is 35.9 Å². The molecule has 0 heterocycles. The number of unbranched alkanes of at least 4 members (excludes halogenated alkanes) is 20. The van der Waals surface area contributed by atoms with Crippen LogP contribution < -0.4 is 10.8 Å². The monoisotopic (exact) mass is 456 g/mol. The number of carboxylic acid groups (broad SMARTS) is 1. The first-order valence-electron chi connectivity index (χ1n) is 14.1. The van der Waals surface area contributed by atoms with Gasteiger partial charge in [0.2, 0.25) is 0 Å². The van der Waals surface area contributed by atoms with Gasteiger partial charge in [0.1, 0.15) is 0 Å². The molecule has 192 valence electrons. The van der Waals surface area contributed by atoms with Crippen molar-refractivity contribution in [3.63, 3.8) is 0 Å². The van der Waals surface area contributed by atoms with Crippen molar-refractivity contribution >= 4 is 5.97 Å². The molecule has 0 saturated heterocycles. The number of nitrogens with one attached hydrogen (secondary N) is 2. The Balaban J connectivity index is 3.00. The number of hydrogen-bond donors (Lipinski definition) is 4. The quantitative estimate of drug-likeness (QED) is 0.0719. The zero-order chi connectivity index (χ0) is 23.4. The minimum atomic E-state index is -0.694. The highest BCUT2D eigenvalue weighted by Gasteiger charge is 1.97. The maximum Gasteiger partial charge on any atom is 0.303 e.